The van der Waals surface area contributed by atoms with E-state index in [4.69, 9.17) is 0 Å². The lowest BCUT2D eigenvalue weighted by molar-refractivity contribution is -0.117. The molecule has 0 spiro atoms. The number of carbonyl (C=O) groups is 2. The summed E-state index contributed by atoms with van der Waals surface area (Å²) in [5.41, 5.74) is 2.68. The largest absolute Gasteiger partial charge is 0.348 e. The Kier molecular flexibility index (Phi) is 5.27. The fraction of sp³-hybridized carbons (Fsp3) is 0.130. The fourth-order valence-electron chi connectivity index (χ4n) is 3.51. The van der Waals surface area contributed by atoms with Gasteiger partial charge in [-0.05, 0) is 59.2 Å². The van der Waals surface area contributed by atoms with Gasteiger partial charge in [0.1, 0.15) is 17.5 Å². The number of hydrogen-bond acceptors (Lipinski definition) is 2. The van der Waals surface area contributed by atoms with Crippen LogP contribution in [-0.4, -0.2) is 11.8 Å². The Labute approximate surface area is 170 Å². The van der Waals surface area contributed by atoms with Gasteiger partial charge in [0.25, 0.3) is 5.91 Å². The van der Waals surface area contributed by atoms with Gasteiger partial charge in [0.15, 0.2) is 0 Å². The Hall–Kier alpha value is -3.61. The van der Waals surface area contributed by atoms with Gasteiger partial charge in [-0.2, -0.15) is 0 Å². The number of amides is 2. The molecule has 7 heteroatoms. The second-order valence-electron chi connectivity index (χ2n) is 7.09. The molecule has 0 aromatic heterocycles. The van der Waals surface area contributed by atoms with Crippen LogP contribution in [0.25, 0.3) is 0 Å². The number of fused-ring (bicyclic) bond motifs is 1. The second-order valence-corrected chi connectivity index (χ2v) is 7.09. The minimum absolute atomic E-state index is 0.0325. The summed E-state index contributed by atoms with van der Waals surface area (Å²) < 4.78 is 40.0. The Morgan fingerprint density at radius 3 is 2.37 bits per heavy atom. The van der Waals surface area contributed by atoms with Gasteiger partial charge in [0.2, 0.25) is 5.91 Å². The summed E-state index contributed by atoms with van der Waals surface area (Å²) >= 11 is 0. The zero-order valence-corrected chi connectivity index (χ0v) is 15.8. The Bertz CT molecular complexity index is 1130. The van der Waals surface area contributed by atoms with E-state index in [1.54, 1.807) is 35.2 Å². The Balaban J connectivity index is 1.48. The molecule has 0 saturated heterocycles. The maximum atomic E-state index is 13.4. The van der Waals surface area contributed by atoms with Gasteiger partial charge in [-0.3, -0.25) is 9.59 Å². The lowest BCUT2D eigenvalue weighted by atomic mass is 10.1. The van der Waals surface area contributed by atoms with Crippen LogP contribution in [0.15, 0.2) is 60.7 Å². The van der Waals surface area contributed by atoms with Gasteiger partial charge in [-0.1, -0.05) is 12.1 Å². The summed E-state index contributed by atoms with van der Waals surface area (Å²) in [5, 5.41) is 2.62. The third-order valence-electron chi connectivity index (χ3n) is 4.88. The van der Waals surface area contributed by atoms with Gasteiger partial charge >= 0.3 is 0 Å². The van der Waals surface area contributed by atoms with Crippen LogP contribution < -0.4 is 10.2 Å². The maximum absolute atomic E-state index is 13.4. The van der Waals surface area contributed by atoms with Crippen LogP contribution in [0.2, 0.25) is 0 Å². The van der Waals surface area contributed by atoms with Crippen LogP contribution in [0.1, 0.15) is 27.0 Å². The monoisotopic (exact) mass is 410 g/mol. The molecule has 2 amide bonds. The first-order chi connectivity index (χ1) is 14.4. The van der Waals surface area contributed by atoms with E-state index < -0.39 is 17.5 Å². The molecule has 0 bridgehead atoms. The summed E-state index contributed by atoms with van der Waals surface area (Å²) in [5.74, 6) is -2.35. The quantitative estimate of drug-likeness (QED) is 0.688. The summed E-state index contributed by atoms with van der Waals surface area (Å²) in [6.45, 7) is 0.204. The van der Waals surface area contributed by atoms with E-state index in [1.807, 2.05) is 0 Å². The smallest absolute Gasteiger partial charge is 0.251 e. The van der Waals surface area contributed by atoms with Crippen molar-refractivity contribution in [3.8, 4) is 0 Å². The molecule has 4 nitrogen and oxygen atoms in total. The van der Waals surface area contributed by atoms with Gasteiger partial charge in [-0.15, -0.1) is 0 Å². The SMILES string of the molecule is O=C(NCc1cc(F)cc(F)c1)c1ccc2c(c1)CC(=O)N2Cc1cccc(F)c1. The molecule has 3 aromatic carbocycles. The highest BCUT2D eigenvalue weighted by atomic mass is 19.1. The Morgan fingerprint density at radius 1 is 0.900 bits per heavy atom. The standard InChI is InChI=1S/C23H17F3N2O2/c24-18-3-1-2-14(6-18)13-28-21-5-4-16(9-17(21)10-22(28)29)23(30)27-12-15-7-19(25)11-20(26)8-15/h1-9,11H,10,12-13H2,(H,27,30). The van der Waals surface area contributed by atoms with Crippen molar-refractivity contribution in [1.29, 1.82) is 0 Å². The zero-order chi connectivity index (χ0) is 21.3. The van der Waals surface area contributed by atoms with Crippen LogP contribution in [0.5, 0.6) is 0 Å². The van der Waals surface area contributed by atoms with Gasteiger partial charge in [0.05, 0.1) is 13.0 Å². The van der Waals surface area contributed by atoms with E-state index in [2.05, 4.69) is 5.32 Å². The van der Waals surface area contributed by atoms with E-state index in [9.17, 15) is 22.8 Å². The topological polar surface area (TPSA) is 49.4 Å². The highest BCUT2D eigenvalue weighted by molar-refractivity contribution is 6.03. The lowest BCUT2D eigenvalue weighted by Gasteiger charge is -2.18. The maximum Gasteiger partial charge on any atom is 0.251 e. The molecule has 0 fully saturated rings. The van der Waals surface area contributed by atoms with Crippen molar-refractivity contribution in [2.45, 2.75) is 19.5 Å². The third-order valence-corrected chi connectivity index (χ3v) is 4.88. The number of nitrogens with one attached hydrogen (secondary N) is 1. The lowest BCUT2D eigenvalue weighted by Crippen LogP contribution is -2.26. The number of rotatable bonds is 5. The zero-order valence-electron chi connectivity index (χ0n) is 15.8. The molecule has 3 aromatic rings. The molecule has 4 rings (SSSR count). The van der Waals surface area contributed by atoms with Crippen molar-refractivity contribution < 1.29 is 22.8 Å². The molecule has 152 valence electrons. The predicted molar refractivity (Wildman–Crippen MR) is 105 cm³/mol. The minimum atomic E-state index is -0.714. The Morgan fingerprint density at radius 2 is 1.63 bits per heavy atom. The number of anilines is 1. The molecule has 1 heterocycles. The van der Waals surface area contributed by atoms with Gasteiger partial charge in [-0.25, -0.2) is 13.2 Å². The molecule has 1 N–H and O–H groups in total. The first-order valence-corrected chi connectivity index (χ1v) is 9.30. The molecule has 0 aliphatic carbocycles. The molecule has 30 heavy (non-hydrogen) atoms. The van der Waals surface area contributed by atoms with E-state index >= 15 is 0 Å². The fourth-order valence-corrected chi connectivity index (χ4v) is 3.51. The number of nitrogens with zero attached hydrogens (tertiary/aromatic N) is 1. The van der Waals surface area contributed by atoms with Crippen LogP contribution in [-0.2, 0) is 24.3 Å². The molecule has 1 aliphatic rings. The van der Waals surface area contributed by atoms with Crippen molar-refractivity contribution >= 4 is 17.5 Å². The highest BCUT2D eigenvalue weighted by Gasteiger charge is 2.28. The number of halogens is 3. The van der Waals surface area contributed by atoms with E-state index in [0.717, 1.165) is 18.2 Å². The first-order valence-electron chi connectivity index (χ1n) is 9.30. The molecule has 0 saturated carbocycles. The highest BCUT2D eigenvalue weighted by Crippen LogP contribution is 2.31. The molecular formula is C23H17F3N2O2. The minimum Gasteiger partial charge on any atom is -0.348 e. The average molecular weight is 410 g/mol. The summed E-state index contributed by atoms with van der Waals surface area (Å²) in [4.78, 5) is 26.4. The second kappa shape index (κ2) is 8.02. The van der Waals surface area contributed by atoms with Gasteiger partial charge in [0, 0.05) is 23.9 Å². The van der Waals surface area contributed by atoms with Gasteiger partial charge < -0.3 is 10.2 Å². The third kappa shape index (κ3) is 4.20. The van der Waals surface area contributed by atoms with Crippen molar-refractivity contribution in [3.63, 3.8) is 0 Å². The number of benzene rings is 3. The van der Waals surface area contributed by atoms with Crippen LogP contribution >= 0.6 is 0 Å². The van der Waals surface area contributed by atoms with Crippen LogP contribution in [0.4, 0.5) is 18.9 Å². The van der Waals surface area contributed by atoms with Crippen molar-refractivity contribution in [2.24, 2.45) is 0 Å². The summed E-state index contributed by atoms with van der Waals surface area (Å²) in [6, 6.07) is 14.0. The van der Waals surface area contributed by atoms with Crippen molar-refractivity contribution in [3.05, 3.63) is 100 Å². The van der Waals surface area contributed by atoms with E-state index in [0.29, 0.717) is 27.9 Å². The average Bonchev–Trinajstić information content (AvgIpc) is 3.00. The normalized spacial score (nSPS) is 12.8. The van der Waals surface area contributed by atoms with Crippen LogP contribution in [0.3, 0.4) is 0 Å². The van der Waals surface area contributed by atoms with Crippen molar-refractivity contribution in [1.82, 2.24) is 5.32 Å². The summed E-state index contributed by atoms with van der Waals surface area (Å²) in [6.07, 6.45) is 0.140. The number of hydrogen-bond donors (Lipinski definition) is 1. The van der Waals surface area contributed by atoms with E-state index in [1.165, 1.54) is 12.1 Å². The van der Waals surface area contributed by atoms with Crippen molar-refractivity contribution in [2.75, 3.05) is 4.90 Å². The van der Waals surface area contributed by atoms with Crippen LogP contribution in [0, 0.1) is 17.5 Å². The molecule has 0 atom stereocenters. The number of carbonyl (C=O) groups excluding carboxylic acids is 2. The molecular weight excluding hydrogens is 393 g/mol. The predicted octanol–water partition coefficient (Wildman–Crippen LogP) is 4.12. The molecule has 1 aliphatic heterocycles. The molecule has 0 unspecified atom stereocenters. The van der Waals surface area contributed by atoms with E-state index in [-0.39, 0.29) is 31.2 Å². The first kappa shape index (κ1) is 19.7. The summed E-state index contributed by atoms with van der Waals surface area (Å²) in [7, 11) is 0. The molecule has 0 radical (unpaired) electrons.